The molecule has 0 saturated carbocycles. The molecule has 0 bridgehead atoms. The Kier molecular flexibility index (Phi) is 7.84. The van der Waals surface area contributed by atoms with Gasteiger partial charge in [-0.05, 0) is 5.56 Å². The molecular formula is C13H16N3NaO8S. The molecule has 1 aliphatic rings. The molecule has 1 saturated heterocycles. The first-order valence-corrected chi connectivity index (χ1v) is 8.30. The maximum atomic E-state index is 11.8. The van der Waals surface area contributed by atoms with Gasteiger partial charge in [0, 0.05) is 0 Å². The Morgan fingerprint density at radius 2 is 1.85 bits per heavy atom. The second-order valence-electron chi connectivity index (χ2n) is 4.99. The summed E-state index contributed by atoms with van der Waals surface area (Å²) < 4.78 is 40.8. The van der Waals surface area contributed by atoms with Gasteiger partial charge in [0.25, 0.3) is 5.91 Å². The number of alkyl carbamates (subject to hydrolysis) is 1. The van der Waals surface area contributed by atoms with Crippen LogP contribution in [0.4, 0.5) is 9.59 Å². The van der Waals surface area contributed by atoms with Crippen molar-refractivity contribution in [3.63, 3.8) is 0 Å². The van der Waals surface area contributed by atoms with Gasteiger partial charge in [-0.3, -0.25) is 9.35 Å². The fourth-order valence-corrected chi connectivity index (χ4v) is 3.05. The number of nitrogens with zero attached hydrogens (tertiary/aromatic N) is 1. The number of amides is 3. The summed E-state index contributed by atoms with van der Waals surface area (Å²) in [4.78, 5) is 34.2. The SMILES string of the molecule is NC(=O)OCC1C(NC(=O)OCc2ccccc2)C(=O)N1S(=O)(=O)O.[NaH]. The predicted octanol–water partition coefficient (Wildman–Crippen LogP) is -1.26. The van der Waals surface area contributed by atoms with Gasteiger partial charge in [-0.25, -0.2) is 13.9 Å². The molecule has 1 aliphatic heterocycles. The van der Waals surface area contributed by atoms with Crippen LogP contribution in [0.15, 0.2) is 30.3 Å². The molecular weight excluding hydrogens is 381 g/mol. The maximum absolute atomic E-state index is 11.8. The monoisotopic (exact) mass is 397 g/mol. The van der Waals surface area contributed by atoms with E-state index in [1.165, 1.54) is 0 Å². The third-order valence-electron chi connectivity index (χ3n) is 3.30. The van der Waals surface area contributed by atoms with Crippen LogP contribution in [-0.4, -0.2) is 83.6 Å². The molecule has 2 rings (SSSR count). The molecule has 3 amide bonds. The van der Waals surface area contributed by atoms with Crippen LogP contribution < -0.4 is 11.1 Å². The van der Waals surface area contributed by atoms with Crippen LogP contribution in [0.5, 0.6) is 0 Å². The van der Waals surface area contributed by atoms with Crippen molar-refractivity contribution < 1.29 is 36.8 Å². The van der Waals surface area contributed by atoms with Crippen molar-refractivity contribution in [2.45, 2.75) is 18.7 Å². The van der Waals surface area contributed by atoms with E-state index >= 15 is 0 Å². The second kappa shape index (κ2) is 9.19. The minimum absolute atomic E-state index is 0. The van der Waals surface area contributed by atoms with Gasteiger partial charge in [0.15, 0.2) is 0 Å². The average Bonchev–Trinajstić information content (AvgIpc) is 2.53. The molecule has 0 radical (unpaired) electrons. The van der Waals surface area contributed by atoms with E-state index in [-0.39, 0.29) is 40.5 Å². The Balaban J connectivity index is 0.00000338. The molecule has 4 N–H and O–H groups in total. The van der Waals surface area contributed by atoms with Crippen LogP contribution >= 0.6 is 0 Å². The van der Waals surface area contributed by atoms with Crippen molar-refractivity contribution in [1.29, 1.82) is 0 Å². The summed E-state index contributed by atoms with van der Waals surface area (Å²) in [5.41, 5.74) is 5.48. The molecule has 11 nitrogen and oxygen atoms in total. The third-order valence-corrected chi connectivity index (χ3v) is 4.25. The van der Waals surface area contributed by atoms with Crippen molar-refractivity contribution in [2.75, 3.05) is 6.61 Å². The van der Waals surface area contributed by atoms with Crippen molar-refractivity contribution in [3.05, 3.63) is 35.9 Å². The van der Waals surface area contributed by atoms with Crippen molar-refractivity contribution in [2.24, 2.45) is 5.73 Å². The molecule has 13 heteroatoms. The number of nitrogens with one attached hydrogen (secondary N) is 1. The summed E-state index contributed by atoms with van der Waals surface area (Å²) in [6.07, 6.45) is -2.19. The second-order valence-corrected chi connectivity index (χ2v) is 6.28. The topological polar surface area (TPSA) is 165 Å². The van der Waals surface area contributed by atoms with Crippen LogP contribution in [0, 0.1) is 0 Å². The number of β-lactam (4-membered cyclic amide) rings is 1. The standard InChI is InChI=1S/C13H15N3O8S.Na.H/c14-12(18)23-7-9-10(11(17)16(9)25(20,21)22)15-13(19)24-6-8-4-2-1-3-5-8;;/h1-5,9-10H,6-7H2,(H2,14,18)(H,15,19)(H,20,21,22);;. The first kappa shape index (κ1) is 22.2. The van der Waals surface area contributed by atoms with Crippen molar-refractivity contribution in [1.82, 2.24) is 9.62 Å². The van der Waals surface area contributed by atoms with E-state index in [0.717, 1.165) is 0 Å². The molecule has 2 unspecified atom stereocenters. The first-order chi connectivity index (χ1) is 11.7. The molecule has 1 heterocycles. The Morgan fingerprint density at radius 1 is 1.23 bits per heavy atom. The summed E-state index contributed by atoms with van der Waals surface area (Å²) in [5, 5.41) is 2.15. The number of rotatable bonds is 6. The van der Waals surface area contributed by atoms with Crippen LogP contribution in [0.3, 0.4) is 0 Å². The van der Waals surface area contributed by atoms with Gasteiger partial charge in [0.05, 0.1) is 0 Å². The fraction of sp³-hybridized carbons (Fsp3) is 0.308. The number of carbonyl (C=O) groups is 3. The first-order valence-electron chi connectivity index (χ1n) is 6.90. The molecule has 0 spiro atoms. The van der Waals surface area contributed by atoms with Gasteiger partial charge in [-0.1, -0.05) is 30.3 Å². The average molecular weight is 397 g/mol. The third kappa shape index (κ3) is 5.57. The number of nitrogens with two attached hydrogens (primary N) is 1. The van der Waals surface area contributed by atoms with Crippen LogP contribution in [0.25, 0.3) is 0 Å². The molecule has 2 atom stereocenters. The summed E-state index contributed by atoms with van der Waals surface area (Å²) in [7, 11) is -4.88. The minimum atomic E-state index is -4.88. The van der Waals surface area contributed by atoms with Crippen LogP contribution in [0.2, 0.25) is 0 Å². The zero-order valence-electron chi connectivity index (χ0n) is 12.7. The molecule has 0 aromatic heterocycles. The van der Waals surface area contributed by atoms with Gasteiger partial charge in [-0.2, -0.15) is 8.42 Å². The van der Waals surface area contributed by atoms with Crippen LogP contribution in [-0.2, 0) is 31.2 Å². The van der Waals surface area contributed by atoms with Gasteiger partial charge < -0.3 is 20.5 Å². The summed E-state index contributed by atoms with van der Waals surface area (Å²) in [6, 6.07) is 6.00. The van der Waals surface area contributed by atoms with Crippen LogP contribution in [0.1, 0.15) is 5.56 Å². The predicted molar refractivity (Wildman–Crippen MR) is 88.4 cm³/mol. The van der Waals surface area contributed by atoms with E-state index in [9.17, 15) is 22.8 Å². The van der Waals surface area contributed by atoms with E-state index in [1.54, 1.807) is 30.3 Å². The van der Waals surface area contributed by atoms with E-state index in [2.05, 4.69) is 10.1 Å². The Hall–Kier alpha value is -1.86. The Morgan fingerprint density at radius 3 is 2.38 bits per heavy atom. The van der Waals surface area contributed by atoms with E-state index in [0.29, 0.717) is 5.56 Å². The van der Waals surface area contributed by atoms with Crippen molar-refractivity contribution >= 4 is 58.0 Å². The summed E-state index contributed by atoms with van der Waals surface area (Å²) in [5.74, 6) is -1.10. The van der Waals surface area contributed by atoms with Gasteiger partial charge in [0.1, 0.15) is 25.3 Å². The van der Waals surface area contributed by atoms with E-state index < -0.39 is 47.1 Å². The molecule has 1 aromatic carbocycles. The number of ether oxygens (including phenoxy) is 2. The Bertz CT molecular complexity index is 773. The van der Waals surface area contributed by atoms with E-state index in [4.69, 9.17) is 15.0 Å². The molecule has 26 heavy (non-hydrogen) atoms. The zero-order valence-corrected chi connectivity index (χ0v) is 13.5. The number of benzene rings is 1. The molecule has 1 fully saturated rings. The normalized spacial score (nSPS) is 19.0. The number of primary amides is 1. The summed E-state index contributed by atoms with van der Waals surface area (Å²) in [6.45, 7) is -0.706. The number of hydrogen-bond acceptors (Lipinski definition) is 7. The zero-order chi connectivity index (χ0) is 18.6. The Labute approximate surface area is 171 Å². The number of carbonyl (C=O) groups excluding carboxylic acids is 3. The fourth-order valence-electron chi connectivity index (χ4n) is 2.18. The molecule has 0 aliphatic carbocycles. The molecule has 1 aromatic rings. The quantitative estimate of drug-likeness (QED) is 0.304. The van der Waals surface area contributed by atoms with Gasteiger partial charge in [-0.15, -0.1) is 0 Å². The van der Waals surface area contributed by atoms with Gasteiger partial charge in [0.2, 0.25) is 0 Å². The summed E-state index contributed by atoms with van der Waals surface area (Å²) >= 11 is 0. The number of hydrogen-bond donors (Lipinski definition) is 3. The van der Waals surface area contributed by atoms with Crippen molar-refractivity contribution in [3.8, 4) is 0 Å². The molecule has 138 valence electrons. The van der Waals surface area contributed by atoms with E-state index in [1.807, 2.05) is 0 Å². The van der Waals surface area contributed by atoms with Gasteiger partial charge >= 0.3 is 52.0 Å².